The van der Waals surface area contributed by atoms with Crippen molar-refractivity contribution in [3.8, 4) is 5.69 Å². The van der Waals surface area contributed by atoms with Gasteiger partial charge < -0.3 is 10.6 Å². The summed E-state index contributed by atoms with van der Waals surface area (Å²) in [6.45, 7) is 0.386. The van der Waals surface area contributed by atoms with E-state index in [-0.39, 0.29) is 11.4 Å². The summed E-state index contributed by atoms with van der Waals surface area (Å²) in [6.07, 6.45) is 0. The Labute approximate surface area is 198 Å². The van der Waals surface area contributed by atoms with Crippen LogP contribution in [0.4, 0.5) is 20.2 Å². The fraction of sp³-hybridized carbons (Fsp3) is 0.0870. The fourth-order valence-corrected chi connectivity index (χ4v) is 3.90. The maximum Gasteiger partial charge on any atom is 0.234 e. The van der Waals surface area contributed by atoms with Gasteiger partial charge in [0.2, 0.25) is 5.91 Å². The van der Waals surface area contributed by atoms with Crippen molar-refractivity contribution in [2.45, 2.75) is 11.7 Å². The van der Waals surface area contributed by atoms with E-state index in [4.69, 9.17) is 11.6 Å². The van der Waals surface area contributed by atoms with Crippen LogP contribution < -0.4 is 10.6 Å². The lowest BCUT2D eigenvalue weighted by Crippen LogP contribution is -2.16. The molecule has 0 spiro atoms. The molecule has 168 valence electrons. The van der Waals surface area contributed by atoms with Crippen LogP contribution in [0, 0.1) is 11.6 Å². The minimum Gasteiger partial charge on any atom is -0.378 e. The molecule has 3 aromatic carbocycles. The average Bonchev–Trinajstić information content (AvgIpc) is 3.22. The zero-order valence-electron chi connectivity index (χ0n) is 17.1. The van der Waals surface area contributed by atoms with Crippen LogP contribution in [0.2, 0.25) is 5.02 Å². The number of nitrogens with one attached hydrogen (secondary N) is 2. The van der Waals surface area contributed by atoms with Crippen molar-refractivity contribution >= 4 is 40.6 Å². The van der Waals surface area contributed by atoms with Crippen molar-refractivity contribution in [1.29, 1.82) is 0 Å². The van der Waals surface area contributed by atoms with Gasteiger partial charge in [-0.15, -0.1) is 10.2 Å². The second-order valence-electron chi connectivity index (χ2n) is 6.89. The number of para-hydroxylation sites is 1. The Balaban J connectivity index is 1.49. The Kier molecular flexibility index (Phi) is 7.21. The minimum atomic E-state index is -0.837. The number of thioether (sulfide) groups is 1. The Morgan fingerprint density at radius 2 is 1.76 bits per heavy atom. The van der Waals surface area contributed by atoms with Crippen LogP contribution in [0.5, 0.6) is 0 Å². The van der Waals surface area contributed by atoms with Crippen LogP contribution in [-0.2, 0) is 11.3 Å². The highest BCUT2D eigenvalue weighted by Crippen LogP contribution is 2.24. The number of nitrogens with zero attached hydrogens (tertiary/aromatic N) is 3. The summed E-state index contributed by atoms with van der Waals surface area (Å²) in [4.78, 5) is 12.3. The molecule has 4 rings (SSSR count). The van der Waals surface area contributed by atoms with Crippen LogP contribution in [-0.4, -0.2) is 26.4 Å². The number of anilines is 2. The van der Waals surface area contributed by atoms with Gasteiger partial charge >= 0.3 is 0 Å². The molecular formula is C23H18ClF2N5OS. The summed E-state index contributed by atoms with van der Waals surface area (Å²) in [5.41, 5.74) is 1.62. The third kappa shape index (κ3) is 5.88. The van der Waals surface area contributed by atoms with Crippen molar-refractivity contribution in [1.82, 2.24) is 14.8 Å². The molecule has 0 unspecified atom stereocenters. The zero-order chi connectivity index (χ0) is 23.2. The summed E-state index contributed by atoms with van der Waals surface area (Å²) < 4.78 is 28.7. The van der Waals surface area contributed by atoms with Crippen LogP contribution >= 0.6 is 23.4 Å². The smallest absolute Gasteiger partial charge is 0.234 e. The van der Waals surface area contributed by atoms with Crippen molar-refractivity contribution in [3.05, 3.63) is 95.3 Å². The molecule has 0 aliphatic carbocycles. The molecule has 0 bridgehead atoms. The normalized spacial score (nSPS) is 10.8. The van der Waals surface area contributed by atoms with Gasteiger partial charge in [0.05, 0.1) is 18.0 Å². The van der Waals surface area contributed by atoms with E-state index in [1.165, 1.54) is 6.07 Å². The molecule has 33 heavy (non-hydrogen) atoms. The molecule has 1 aromatic heterocycles. The lowest BCUT2D eigenvalue weighted by molar-refractivity contribution is -0.113. The molecule has 4 aromatic rings. The molecule has 0 atom stereocenters. The summed E-state index contributed by atoms with van der Waals surface area (Å²) in [5, 5.41) is 15.4. The summed E-state index contributed by atoms with van der Waals surface area (Å²) in [7, 11) is 0. The van der Waals surface area contributed by atoms with E-state index in [0.717, 1.165) is 35.3 Å². The molecule has 0 fully saturated rings. The molecule has 6 nitrogen and oxygen atoms in total. The lowest BCUT2D eigenvalue weighted by Gasteiger charge is -2.11. The Hall–Kier alpha value is -3.43. The molecule has 0 aliphatic rings. The highest BCUT2D eigenvalue weighted by Gasteiger charge is 2.16. The number of halogens is 3. The quantitative estimate of drug-likeness (QED) is 0.320. The van der Waals surface area contributed by atoms with Crippen LogP contribution in [0.3, 0.4) is 0 Å². The van der Waals surface area contributed by atoms with E-state index in [1.54, 1.807) is 12.1 Å². The van der Waals surface area contributed by atoms with Gasteiger partial charge in [-0.3, -0.25) is 9.36 Å². The topological polar surface area (TPSA) is 71.8 Å². The first-order valence-electron chi connectivity index (χ1n) is 9.86. The maximum atomic E-state index is 13.8. The van der Waals surface area contributed by atoms with E-state index < -0.39 is 17.5 Å². The number of hydrogen-bond acceptors (Lipinski definition) is 5. The van der Waals surface area contributed by atoms with Crippen LogP contribution in [0.25, 0.3) is 5.69 Å². The van der Waals surface area contributed by atoms with Crippen LogP contribution in [0.15, 0.2) is 78.0 Å². The first kappa shape index (κ1) is 22.8. The fourth-order valence-electron chi connectivity index (χ4n) is 3.00. The largest absolute Gasteiger partial charge is 0.378 e. The van der Waals surface area contributed by atoms with Gasteiger partial charge in [0.1, 0.15) is 11.6 Å². The van der Waals surface area contributed by atoms with Crippen LogP contribution in [0.1, 0.15) is 5.82 Å². The predicted octanol–water partition coefficient (Wildman–Crippen LogP) is 5.54. The van der Waals surface area contributed by atoms with Gasteiger partial charge in [-0.05, 0) is 48.5 Å². The zero-order valence-corrected chi connectivity index (χ0v) is 18.7. The van der Waals surface area contributed by atoms with Gasteiger partial charge in [0.25, 0.3) is 0 Å². The predicted molar refractivity (Wildman–Crippen MR) is 126 cm³/mol. The van der Waals surface area contributed by atoms with Crippen molar-refractivity contribution < 1.29 is 13.6 Å². The van der Waals surface area contributed by atoms with Gasteiger partial charge in [-0.25, -0.2) is 8.78 Å². The van der Waals surface area contributed by atoms with Crippen molar-refractivity contribution in [3.63, 3.8) is 0 Å². The summed E-state index contributed by atoms with van der Waals surface area (Å²) in [5.74, 6) is -1.39. The molecule has 1 amide bonds. The maximum absolute atomic E-state index is 13.8. The first-order valence-corrected chi connectivity index (χ1v) is 11.2. The van der Waals surface area contributed by atoms with Crippen molar-refractivity contribution in [2.75, 3.05) is 16.4 Å². The third-order valence-electron chi connectivity index (χ3n) is 4.55. The molecule has 0 saturated carbocycles. The monoisotopic (exact) mass is 485 g/mol. The number of carbonyl (C=O) groups is 1. The molecule has 10 heteroatoms. The Bertz CT molecular complexity index is 1250. The van der Waals surface area contributed by atoms with Crippen molar-refractivity contribution in [2.24, 2.45) is 0 Å². The van der Waals surface area contributed by atoms with Gasteiger partial charge in [0, 0.05) is 22.5 Å². The third-order valence-corrected chi connectivity index (χ3v) is 5.73. The van der Waals surface area contributed by atoms with E-state index in [9.17, 15) is 13.6 Å². The molecular weight excluding hydrogens is 468 g/mol. The standard InChI is InChI=1S/C23H18ClF2N5OS/c24-15-6-9-17(10-7-15)27-13-21-29-30-23(31(21)18-4-2-1-3-5-18)33-14-22(32)28-20-11-8-16(25)12-19(20)26/h1-12,27H,13-14H2,(H,28,32). The van der Waals surface area contributed by atoms with E-state index in [2.05, 4.69) is 20.8 Å². The van der Waals surface area contributed by atoms with E-state index >= 15 is 0 Å². The number of hydrogen-bond donors (Lipinski definition) is 2. The lowest BCUT2D eigenvalue weighted by atomic mass is 10.3. The van der Waals surface area contributed by atoms with E-state index in [0.29, 0.717) is 22.5 Å². The number of amides is 1. The number of benzene rings is 3. The number of aromatic nitrogens is 3. The Morgan fingerprint density at radius 1 is 1.00 bits per heavy atom. The number of rotatable bonds is 8. The highest BCUT2D eigenvalue weighted by atomic mass is 35.5. The minimum absolute atomic E-state index is 0.0353. The second kappa shape index (κ2) is 10.5. The van der Waals surface area contributed by atoms with Gasteiger partial charge in [-0.2, -0.15) is 0 Å². The molecule has 2 N–H and O–H groups in total. The summed E-state index contributed by atoms with van der Waals surface area (Å²) in [6, 6.07) is 19.8. The summed E-state index contributed by atoms with van der Waals surface area (Å²) >= 11 is 7.10. The molecule has 0 saturated heterocycles. The molecule has 1 heterocycles. The van der Waals surface area contributed by atoms with Gasteiger partial charge in [0.15, 0.2) is 11.0 Å². The second-order valence-corrected chi connectivity index (χ2v) is 8.27. The number of carbonyl (C=O) groups excluding carboxylic acids is 1. The molecule has 0 radical (unpaired) electrons. The average molecular weight is 486 g/mol. The Morgan fingerprint density at radius 3 is 2.48 bits per heavy atom. The van der Waals surface area contributed by atoms with Gasteiger partial charge in [-0.1, -0.05) is 41.6 Å². The van der Waals surface area contributed by atoms with E-state index in [1.807, 2.05) is 47.0 Å². The first-order chi connectivity index (χ1) is 16.0. The SMILES string of the molecule is O=C(CSc1nnc(CNc2ccc(Cl)cc2)n1-c1ccccc1)Nc1ccc(F)cc1F. The highest BCUT2D eigenvalue weighted by molar-refractivity contribution is 7.99. The molecule has 0 aliphatic heterocycles.